The summed E-state index contributed by atoms with van der Waals surface area (Å²) < 4.78 is 4.44. The molecule has 0 spiro atoms. The molecule has 1 aliphatic carbocycles. The highest BCUT2D eigenvalue weighted by Crippen LogP contribution is 2.30. The van der Waals surface area contributed by atoms with Crippen LogP contribution in [0.5, 0.6) is 0 Å². The van der Waals surface area contributed by atoms with Crippen LogP contribution in [0, 0.1) is 5.92 Å². The van der Waals surface area contributed by atoms with Crippen LogP contribution in [0.3, 0.4) is 0 Å². The molecule has 162 valence electrons. The highest BCUT2D eigenvalue weighted by Gasteiger charge is 2.25. The molecule has 0 saturated heterocycles. The van der Waals surface area contributed by atoms with E-state index in [1.807, 2.05) is 45.9 Å². The van der Waals surface area contributed by atoms with E-state index in [9.17, 15) is 9.59 Å². The van der Waals surface area contributed by atoms with Crippen LogP contribution in [0.1, 0.15) is 64.6 Å². The van der Waals surface area contributed by atoms with Crippen LogP contribution < -0.4 is 10.8 Å². The Kier molecular flexibility index (Phi) is 18.6. The number of aryl methyl sites for hydroxylation is 1. The van der Waals surface area contributed by atoms with Crippen molar-refractivity contribution in [2.45, 2.75) is 59.9 Å². The summed E-state index contributed by atoms with van der Waals surface area (Å²) in [5.41, 5.74) is 3.97. The fourth-order valence-electron chi connectivity index (χ4n) is 2.53. The summed E-state index contributed by atoms with van der Waals surface area (Å²) in [4.78, 5) is 23.0. The lowest BCUT2D eigenvalue weighted by atomic mass is 10.0. The van der Waals surface area contributed by atoms with Gasteiger partial charge in [-0.05, 0) is 24.0 Å². The molecule has 4 N–H and O–H groups in total. The molecule has 0 aliphatic heterocycles. The minimum absolute atomic E-state index is 0.0172. The van der Waals surface area contributed by atoms with Gasteiger partial charge in [0, 0.05) is 19.4 Å². The number of nitrogens with one attached hydrogen (secondary N) is 2. The van der Waals surface area contributed by atoms with E-state index in [2.05, 4.69) is 16.1 Å². The predicted molar refractivity (Wildman–Crippen MR) is 111 cm³/mol. The molecule has 2 atom stereocenters. The molecular weight excluding hydrogens is 360 g/mol. The van der Waals surface area contributed by atoms with Crippen LogP contribution in [0.4, 0.5) is 0 Å². The Labute approximate surface area is 169 Å². The monoisotopic (exact) mass is 398 g/mol. The number of benzene rings is 1. The normalized spacial score (nSPS) is 14.5. The zero-order valence-corrected chi connectivity index (χ0v) is 18.1. The minimum Gasteiger partial charge on any atom is -0.394 e. The van der Waals surface area contributed by atoms with Crippen LogP contribution in [-0.2, 0) is 20.7 Å². The molecule has 2 rings (SSSR count). The molecule has 28 heavy (non-hydrogen) atoms. The van der Waals surface area contributed by atoms with E-state index in [-0.39, 0.29) is 25.0 Å². The molecular formula is C21H38N2O5. The van der Waals surface area contributed by atoms with Gasteiger partial charge in [0.25, 0.3) is 0 Å². The van der Waals surface area contributed by atoms with Gasteiger partial charge in [-0.15, -0.1) is 0 Å². The van der Waals surface area contributed by atoms with Crippen LogP contribution in [0.25, 0.3) is 0 Å². The maximum atomic E-state index is 12.0. The molecule has 2 amide bonds. The van der Waals surface area contributed by atoms with E-state index in [4.69, 9.17) is 10.3 Å². The van der Waals surface area contributed by atoms with Crippen molar-refractivity contribution in [1.82, 2.24) is 10.8 Å². The van der Waals surface area contributed by atoms with Crippen LogP contribution in [-0.4, -0.2) is 42.5 Å². The number of rotatable bonds is 6. The summed E-state index contributed by atoms with van der Waals surface area (Å²) in [6.07, 6.45) is 1.84. The van der Waals surface area contributed by atoms with Gasteiger partial charge in [0.1, 0.15) is 0 Å². The Bertz CT molecular complexity index is 535. The van der Waals surface area contributed by atoms with E-state index in [1.165, 1.54) is 5.56 Å². The van der Waals surface area contributed by atoms with Gasteiger partial charge in [-0.25, -0.2) is 5.48 Å². The first-order chi connectivity index (χ1) is 13.5. The van der Waals surface area contributed by atoms with E-state index in [0.29, 0.717) is 6.61 Å². The Balaban J connectivity index is 0. The van der Waals surface area contributed by atoms with Gasteiger partial charge in [-0.3, -0.25) is 14.8 Å². The fraction of sp³-hybridized carbons (Fsp3) is 0.619. The molecule has 0 saturated carbocycles. The Morgan fingerprint density at radius 3 is 2.32 bits per heavy atom. The number of ether oxygens (including phenoxy) is 1. The van der Waals surface area contributed by atoms with Crippen molar-refractivity contribution in [3.8, 4) is 0 Å². The van der Waals surface area contributed by atoms with E-state index in [0.717, 1.165) is 18.4 Å². The molecule has 0 heterocycles. The first-order valence-electron chi connectivity index (χ1n) is 9.94. The smallest absolute Gasteiger partial charge is 0.244 e. The number of aliphatic hydroxyl groups excluding tert-OH is 1. The van der Waals surface area contributed by atoms with Crippen molar-refractivity contribution in [3.63, 3.8) is 0 Å². The first-order valence-corrected chi connectivity index (χ1v) is 9.94. The van der Waals surface area contributed by atoms with Crippen molar-refractivity contribution in [2.75, 3.05) is 20.3 Å². The average molecular weight is 399 g/mol. The zero-order valence-electron chi connectivity index (χ0n) is 18.1. The molecule has 7 heteroatoms. The van der Waals surface area contributed by atoms with Gasteiger partial charge in [0.2, 0.25) is 11.8 Å². The molecule has 7 nitrogen and oxygen atoms in total. The highest BCUT2D eigenvalue weighted by molar-refractivity contribution is 5.85. The lowest BCUT2D eigenvalue weighted by Gasteiger charge is -2.17. The molecule has 0 bridgehead atoms. The number of amides is 2. The second-order valence-corrected chi connectivity index (χ2v) is 5.66. The number of aliphatic hydroxyl groups is 1. The van der Waals surface area contributed by atoms with Crippen molar-refractivity contribution < 1.29 is 24.6 Å². The summed E-state index contributed by atoms with van der Waals surface area (Å²) in [6, 6.07) is 8.09. The first kappa shape index (κ1) is 28.3. The third-order valence-electron chi connectivity index (χ3n) is 3.81. The number of hydrogen-bond donors (Lipinski definition) is 4. The van der Waals surface area contributed by atoms with Crippen LogP contribution in [0.15, 0.2) is 24.3 Å². The SMILES string of the molecule is CC.CC.COCCO.C[C@H](CC(=O)NO)C(=O)N[C@@H]1CCc2ccccc21. The summed E-state index contributed by atoms with van der Waals surface area (Å²) in [5, 5.41) is 19.4. The molecule has 0 aromatic heterocycles. The topological polar surface area (TPSA) is 108 Å². The van der Waals surface area contributed by atoms with Gasteiger partial charge in [-0.2, -0.15) is 0 Å². The van der Waals surface area contributed by atoms with Crippen molar-refractivity contribution in [1.29, 1.82) is 0 Å². The quantitative estimate of drug-likeness (QED) is 0.435. The summed E-state index contributed by atoms with van der Waals surface area (Å²) in [7, 11) is 1.55. The average Bonchev–Trinajstić information content (AvgIpc) is 3.15. The molecule has 0 radical (unpaired) electrons. The minimum atomic E-state index is -0.547. The zero-order chi connectivity index (χ0) is 21.9. The van der Waals surface area contributed by atoms with Gasteiger partial charge < -0.3 is 15.2 Å². The Hall–Kier alpha value is -1.96. The maximum Gasteiger partial charge on any atom is 0.244 e. The van der Waals surface area contributed by atoms with Crippen molar-refractivity contribution in [3.05, 3.63) is 35.4 Å². The Morgan fingerprint density at radius 2 is 1.82 bits per heavy atom. The lowest BCUT2D eigenvalue weighted by Crippen LogP contribution is -2.34. The number of methoxy groups -OCH3 is 1. The standard InChI is InChI=1S/C14H18N2O3.C3H8O2.2C2H6/c1-9(8-13(17)16-19)14(18)15-12-7-6-10-4-2-3-5-11(10)12;1-5-3-2-4;2*1-2/h2-5,9,12,19H,6-8H2,1H3,(H,15,18)(H,16,17);4H,2-3H2,1H3;2*1-2H3/t9-,12-;;;/m1.../s1. The van der Waals surface area contributed by atoms with Crippen molar-refractivity contribution in [2.24, 2.45) is 5.92 Å². The predicted octanol–water partition coefficient (Wildman–Crippen LogP) is 3.00. The van der Waals surface area contributed by atoms with Gasteiger partial charge >= 0.3 is 0 Å². The van der Waals surface area contributed by atoms with Crippen molar-refractivity contribution >= 4 is 11.8 Å². The van der Waals surface area contributed by atoms with E-state index in [1.54, 1.807) is 19.5 Å². The van der Waals surface area contributed by atoms with Crippen LogP contribution in [0.2, 0.25) is 0 Å². The number of fused-ring (bicyclic) bond motifs is 1. The maximum absolute atomic E-state index is 12.0. The Morgan fingerprint density at radius 1 is 1.21 bits per heavy atom. The summed E-state index contributed by atoms with van der Waals surface area (Å²) in [6.45, 7) is 10.2. The second-order valence-electron chi connectivity index (χ2n) is 5.66. The van der Waals surface area contributed by atoms with Gasteiger partial charge in [0.15, 0.2) is 0 Å². The van der Waals surface area contributed by atoms with E-state index < -0.39 is 11.8 Å². The molecule has 0 fully saturated rings. The third kappa shape index (κ3) is 11.0. The van der Waals surface area contributed by atoms with Gasteiger partial charge in [0.05, 0.1) is 19.3 Å². The number of carbonyl (C=O) groups excluding carboxylic acids is 2. The largest absolute Gasteiger partial charge is 0.394 e. The number of hydroxylamine groups is 1. The summed E-state index contributed by atoms with van der Waals surface area (Å²) in [5.74, 6) is -1.17. The fourth-order valence-corrected chi connectivity index (χ4v) is 2.53. The molecule has 1 aromatic rings. The third-order valence-corrected chi connectivity index (χ3v) is 3.81. The lowest BCUT2D eigenvalue weighted by molar-refractivity contribution is -0.134. The highest BCUT2D eigenvalue weighted by atomic mass is 16.5. The van der Waals surface area contributed by atoms with Gasteiger partial charge in [-0.1, -0.05) is 58.9 Å². The molecule has 0 unspecified atom stereocenters. The molecule has 1 aromatic carbocycles. The summed E-state index contributed by atoms with van der Waals surface area (Å²) >= 11 is 0. The number of hydrogen-bond acceptors (Lipinski definition) is 5. The van der Waals surface area contributed by atoms with Crippen LogP contribution >= 0.6 is 0 Å². The molecule has 1 aliphatic rings. The van der Waals surface area contributed by atoms with E-state index >= 15 is 0 Å². The second kappa shape index (κ2) is 18.4. The number of carbonyl (C=O) groups is 2.